The van der Waals surface area contributed by atoms with E-state index >= 15 is 0 Å². The number of rotatable bonds is 5. The van der Waals surface area contributed by atoms with Gasteiger partial charge in [-0.25, -0.2) is 14.6 Å². The molecule has 3 amide bonds. The lowest BCUT2D eigenvalue weighted by molar-refractivity contribution is -0.137. The van der Waals surface area contributed by atoms with E-state index in [0.717, 1.165) is 23.3 Å². The highest BCUT2D eigenvalue weighted by atomic mass is 35.5. The average Bonchev–Trinajstić information content (AvgIpc) is 3.23. The molecule has 186 valence electrons. The molecule has 0 atom stereocenters. The molecule has 1 aromatic heterocycles. The molecule has 0 bridgehead atoms. The Morgan fingerprint density at radius 3 is 2.28 bits per heavy atom. The molecule has 0 spiro atoms. The quantitative estimate of drug-likeness (QED) is 0.268. The van der Waals surface area contributed by atoms with Crippen LogP contribution in [0.5, 0.6) is 0 Å². The van der Waals surface area contributed by atoms with E-state index in [1.165, 1.54) is 6.07 Å². The zero-order chi connectivity index (χ0) is 25.9. The van der Waals surface area contributed by atoms with Gasteiger partial charge in [0.05, 0.1) is 28.2 Å². The van der Waals surface area contributed by atoms with E-state index in [1.54, 1.807) is 55.7 Å². The van der Waals surface area contributed by atoms with E-state index in [2.05, 4.69) is 20.9 Å². The third-order valence-electron chi connectivity index (χ3n) is 5.00. The molecule has 0 unspecified atom stereocenters. The fourth-order valence-electron chi connectivity index (χ4n) is 3.40. The molecule has 0 radical (unpaired) electrons. The van der Waals surface area contributed by atoms with E-state index in [0.29, 0.717) is 16.9 Å². The number of carbonyl (C=O) groups excluding carboxylic acids is 2. The largest absolute Gasteiger partial charge is 0.450 e. The Labute approximate surface area is 208 Å². The van der Waals surface area contributed by atoms with Crippen molar-refractivity contribution in [1.82, 2.24) is 9.55 Å². The summed E-state index contributed by atoms with van der Waals surface area (Å²) in [5.41, 5.74) is 2.05. The van der Waals surface area contributed by atoms with Gasteiger partial charge in [0.25, 0.3) is 0 Å². The maximum atomic E-state index is 13.0. The second-order valence-corrected chi connectivity index (χ2v) is 7.89. The van der Waals surface area contributed by atoms with Crippen molar-refractivity contribution in [3.63, 3.8) is 0 Å². The van der Waals surface area contributed by atoms with E-state index in [-0.39, 0.29) is 12.3 Å². The van der Waals surface area contributed by atoms with Crippen molar-refractivity contribution in [3.8, 4) is 5.69 Å². The van der Waals surface area contributed by atoms with Crippen molar-refractivity contribution in [2.75, 3.05) is 22.6 Å². The Kier molecular flexibility index (Phi) is 7.02. The van der Waals surface area contributed by atoms with Gasteiger partial charge < -0.3 is 15.4 Å². The Bertz CT molecular complexity index is 1420. The summed E-state index contributed by atoms with van der Waals surface area (Å²) >= 11 is 5.60. The van der Waals surface area contributed by atoms with Gasteiger partial charge in [-0.3, -0.25) is 9.88 Å². The number of hydrogen-bond donors (Lipinski definition) is 3. The van der Waals surface area contributed by atoms with E-state index in [4.69, 9.17) is 16.3 Å². The van der Waals surface area contributed by atoms with Gasteiger partial charge in [0.15, 0.2) is 0 Å². The van der Waals surface area contributed by atoms with E-state index in [1.807, 2.05) is 4.57 Å². The molecule has 0 fully saturated rings. The average molecular weight is 518 g/mol. The molecule has 1 heterocycles. The first-order chi connectivity index (χ1) is 17.1. The number of alkyl halides is 3. The monoisotopic (exact) mass is 517 g/mol. The predicted molar refractivity (Wildman–Crippen MR) is 131 cm³/mol. The number of urea groups is 1. The van der Waals surface area contributed by atoms with Crippen LogP contribution in [0.2, 0.25) is 5.02 Å². The third-order valence-corrected chi connectivity index (χ3v) is 5.33. The summed E-state index contributed by atoms with van der Waals surface area (Å²) in [6.45, 7) is 1.97. The first-order valence-corrected chi connectivity index (χ1v) is 11.0. The molecule has 4 aromatic rings. The molecule has 3 N–H and O–H groups in total. The molecule has 0 aliphatic heterocycles. The molecular weight excluding hydrogens is 499 g/mol. The van der Waals surface area contributed by atoms with Crippen molar-refractivity contribution < 1.29 is 27.5 Å². The minimum Gasteiger partial charge on any atom is -0.450 e. The zero-order valence-electron chi connectivity index (χ0n) is 18.7. The van der Waals surface area contributed by atoms with Crippen LogP contribution in [0.25, 0.3) is 16.7 Å². The first-order valence-electron chi connectivity index (χ1n) is 10.6. The predicted octanol–water partition coefficient (Wildman–Crippen LogP) is 6.91. The van der Waals surface area contributed by atoms with Gasteiger partial charge in [0.2, 0.25) is 0 Å². The van der Waals surface area contributed by atoms with Crippen LogP contribution in [0, 0.1) is 0 Å². The molecular formula is C24H19ClF3N5O3. The topological polar surface area (TPSA) is 97.3 Å². The Morgan fingerprint density at radius 1 is 0.944 bits per heavy atom. The highest BCUT2D eigenvalue weighted by Crippen LogP contribution is 2.36. The molecule has 12 heteroatoms. The van der Waals surface area contributed by atoms with Crippen molar-refractivity contribution >= 4 is 51.8 Å². The number of ether oxygens (including phenoxy) is 1. The van der Waals surface area contributed by atoms with E-state index < -0.39 is 28.9 Å². The summed E-state index contributed by atoms with van der Waals surface area (Å²) in [4.78, 5) is 28.2. The van der Waals surface area contributed by atoms with Crippen LogP contribution in [-0.4, -0.2) is 28.3 Å². The fraction of sp³-hybridized carbons (Fsp3) is 0.125. The molecule has 4 rings (SSSR count). The van der Waals surface area contributed by atoms with Gasteiger partial charge in [-0.2, -0.15) is 13.2 Å². The lowest BCUT2D eigenvalue weighted by Gasteiger charge is -2.12. The number of hydrogen-bond acceptors (Lipinski definition) is 4. The third kappa shape index (κ3) is 5.69. The molecule has 36 heavy (non-hydrogen) atoms. The second-order valence-electron chi connectivity index (χ2n) is 7.48. The molecule has 0 aliphatic carbocycles. The molecule has 8 nitrogen and oxygen atoms in total. The normalized spacial score (nSPS) is 11.2. The highest BCUT2D eigenvalue weighted by molar-refractivity contribution is 6.31. The van der Waals surface area contributed by atoms with Gasteiger partial charge in [-0.05, 0) is 67.6 Å². The SMILES string of the molecule is CCOC(=O)Nc1ccc2c(c1)ncn2-c1ccc(NC(=O)Nc2ccc(Cl)c(C(F)(F)F)c2)cc1. The van der Waals surface area contributed by atoms with Crippen LogP contribution < -0.4 is 16.0 Å². The Morgan fingerprint density at radius 2 is 1.58 bits per heavy atom. The zero-order valence-corrected chi connectivity index (χ0v) is 19.4. The summed E-state index contributed by atoms with van der Waals surface area (Å²) in [6, 6.07) is 14.4. The van der Waals surface area contributed by atoms with Crippen molar-refractivity contribution in [3.05, 3.63) is 77.6 Å². The molecule has 0 aliphatic rings. The number of imidazole rings is 1. The lowest BCUT2D eigenvalue weighted by Crippen LogP contribution is -2.20. The van der Waals surface area contributed by atoms with Crippen LogP contribution >= 0.6 is 11.6 Å². The van der Waals surface area contributed by atoms with Crippen molar-refractivity contribution in [1.29, 1.82) is 0 Å². The summed E-state index contributed by atoms with van der Waals surface area (Å²) in [5.74, 6) is 0. The maximum Gasteiger partial charge on any atom is 0.417 e. The number of fused-ring (bicyclic) bond motifs is 1. The standard InChI is InChI=1S/C24H19ClF3N5O3/c1-2-36-23(35)32-16-6-10-21-20(12-16)29-13-33(21)17-7-3-14(4-8-17)30-22(34)31-15-5-9-19(25)18(11-15)24(26,27)28/h3-13H,2H2,1H3,(H,32,35)(H2,30,31,34). The minimum atomic E-state index is -4.64. The number of anilines is 3. The number of nitrogens with one attached hydrogen (secondary N) is 3. The summed E-state index contributed by atoms with van der Waals surface area (Å²) in [6.07, 6.45) is -3.58. The van der Waals surface area contributed by atoms with Crippen LogP contribution in [0.15, 0.2) is 67.0 Å². The van der Waals surface area contributed by atoms with Gasteiger partial charge in [-0.15, -0.1) is 0 Å². The maximum absolute atomic E-state index is 13.0. The Balaban J connectivity index is 1.44. The number of carbonyl (C=O) groups is 2. The Hall–Kier alpha value is -4.25. The molecule has 0 saturated heterocycles. The van der Waals surface area contributed by atoms with E-state index in [9.17, 15) is 22.8 Å². The summed E-state index contributed by atoms with van der Waals surface area (Å²) < 4.78 is 45.8. The molecule has 0 saturated carbocycles. The summed E-state index contributed by atoms with van der Waals surface area (Å²) in [5, 5.41) is 7.09. The summed E-state index contributed by atoms with van der Waals surface area (Å²) in [7, 11) is 0. The van der Waals surface area contributed by atoms with Crippen LogP contribution in [-0.2, 0) is 10.9 Å². The first kappa shape index (κ1) is 24.9. The number of halogens is 4. The molecule has 3 aromatic carbocycles. The second kappa shape index (κ2) is 10.2. The lowest BCUT2D eigenvalue weighted by atomic mass is 10.2. The fourth-order valence-corrected chi connectivity index (χ4v) is 3.62. The number of benzene rings is 3. The number of amides is 3. The number of nitrogens with zero attached hydrogens (tertiary/aromatic N) is 2. The van der Waals surface area contributed by atoms with Gasteiger partial charge in [0, 0.05) is 22.7 Å². The van der Waals surface area contributed by atoms with Gasteiger partial charge in [0.1, 0.15) is 6.33 Å². The smallest absolute Gasteiger partial charge is 0.417 e. The van der Waals surface area contributed by atoms with Crippen LogP contribution in [0.3, 0.4) is 0 Å². The van der Waals surface area contributed by atoms with Crippen molar-refractivity contribution in [2.45, 2.75) is 13.1 Å². The van der Waals surface area contributed by atoms with Crippen LogP contribution in [0.1, 0.15) is 12.5 Å². The number of aromatic nitrogens is 2. The van der Waals surface area contributed by atoms with Gasteiger partial charge in [-0.1, -0.05) is 11.6 Å². The van der Waals surface area contributed by atoms with Crippen molar-refractivity contribution in [2.24, 2.45) is 0 Å². The minimum absolute atomic E-state index is 0.0532. The van der Waals surface area contributed by atoms with Crippen LogP contribution in [0.4, 0.5) is 39.8 Å². The highest BCUT2D eigenvalue weighted by Gasteiger charge is 2.33. The van der Waals surface area contributed by atoms with Gasteiger partial charge >= 0.3 is 18.3 Å².